The molecule has 1 aromatic heterocycles. The van der Waals surface area contributed by atoms with E-state index in [1.165, 1.54) is 0 Å². The normalized spacial score (nSPS) is 34.6. The third-order valence-corrected chi connectivity index (χ3v) is 4.93. The molecule has 6 nitrogen and oxygen atoms in total. The van der Waals surface area contributed by atoms with Crippen molar-refractivity contribution in [2.45, 2.75) is 37.6 Å². The Labute approximate surface area is 118 Å². The molecule has 4 aliphatic rings. The summed E-state index contributed by atoms with van der Waals surface area (Å²) in [5.74, 6) is 2.22. The quantitative estimate of drug-likeness (QED) is 0.802. The Morgan fingerprint density at radius 1 is 1.10 bits per heavy atom. The van der Waals surface area contributed by atoms with E-state index in [0.717, 1.165) is 57.3 Å². The number of ketones is 1. The maximum atomic E-state index is 11.3. The Bertz CT molecular complexity index is 497. The van der Waals surface area contributed by atoms with E-state index in [2.05, 4.69) is 19.9 Å². The van der Waals surface area contributed by atoms with Crippen molar-refractivity contribution < 1.29 is 9.32 Å². The van der Waals surface area contributed by atoms with Gasteiger partial charge in [-0.3, -0.25) is 14.6 Å². The van der Waals surface area contributed by atoms with Gasteiger partial charge in [-0.1, -0.05) is 5.16 Å². The fraction of sp³-hybridized carbons (Fsp3) is 0.786. The molecular formula is C14H20N4O2. The molecule has 20 heavy (non-hydrogen) atoms. The van der Waals surface area contributed by atoms with Crippen LogP contribution in [0.15, 0.2) is 4.52 Å². The second kappa shape index (κ2) is 4.93. The van der Waals surface area contributed by atoms with E-state index in [4.69, 9.17) is 4.52 Å². The van der Waals surface area contributed by atoms with E-state index >= 15 is 0 Å². The highest BCUT2D eigenvalue weighted by Crippen LogP contribution is 2.32. The predicted octanol–water partition coefficient (Wildman–Crippen LogP) is 0.969. The summed E-state index contributed by atoms with van der Waals surface area (Å²) in [5.41, 5.74) is 0. The fourth-order valence-electron chi connectivity index (χ4n) is 3.60. The van der Waals surface area contributed by atoms with Crippen molar-refractivity contribution in [3.05, 3.63) is 11.7 Å². The van der Waals surface area contributed by atoms with Gasteiger partial charge in [-0.25, -0.2) is 0 Å². The molecule has 0 N–H and O–H groups in total. The zero-order chi connectivity index (χ0) is 13.5. The number of carbonyl (C=O) groups excluding carboxylic acids is 1. The number of aromatic nitrogens is 2. The first-order valence-electron chi connectivity index (χ1n) is 7.61. The number of hydrogen-bond acceptors (Lipinski definition) is 6. The zero-order valence-electron chi connectivity index (χ0n) is 11.6. The lowest BCUT2D eigenvalue weighted by molar-refractivity contribution is -0.120. The molecule has 1 atom stereocenters. The van der Waals surface area contributed by atoms with Gasteiger partial charge in [-0.2, -0.15) is 4.98 Å². The molecule has 108 valence electrons. The molecule has 1 saturated carbocycles. The standard InChI is InChI=1S/C14H20N4O2/c19-11-3-1-10(2-4-11)14-15-13(16-20-14)12-9-17-5-7-18(12)8-6-17/h10,12H,1-9H2. The van der Waals surface area contributed by atoms with Gasteiger partial charge in [0.25, 0.3) is 0 Å². The summed E-state index contributed by atoms with van der Waals surface area (Å²) in [6.07, 6.45) is 3.04. The lowest BCUT2D eigenvalue weighted by atomic mass is 9.88. The van der Waals surface area contributed by atoms with Gasteiger partial charge in [-0.15, -0.1) is 0 Å². The summed E-state index contributed by atoms with van der Waals surface area (Å²) in [7, 11) is 0. The minimum absolute atomic E-state index is 0.282. The van der Waals surface area contributed by atoms with Crippen LogP contribution in [0, 0.1) is 0 Å². The SMILES string of the molecule is O=C1CCC(c2nc(C3CN4CCN3CC4)no2)CC1. The van der Waals surface area contributed by atoms with Crippen molar-refractivity contribution >= 4 is 5.78 Å². The van der Waals surface area contributed by atoms with Gasteiger partial charge in [-0.05, 0) is 12.8 Å². The van der Waals surface area contributed by atoms with Gasteiger partial charge in [0, 0.05) is 51.5 Å². The topological polar surface area (TPSA) is 62.5 Å². The summed E-state index contributed by atoms with van der Waals surface area (Å²) in [6, 6.07) is 0.292. The molecule has 0 aromatic carbocycles. The molecule has 0 amide bonds. The molecule has 2 bridgehead atoms. The Morgan fingerprint density at radius 3 is 2.50 bits per heavy atom. The van der Waals surface area contributed by atoms with Crippen molar-refractivity contribution in [2.24, 2.45) is 0 Å². The van der Waals surface area contributed by atoms with Gasteiger partial charge in [0.15, 0.2) is 5.82 Å². The van der Waals surface area contributed by atoms with Crippen LogP contribution in [0.1, 0.15) is 49.4 Å². The minimum atomic E-state index is 0.282. The molecule has 3 saturated heterocycles. The summed E-state index contributed by atoms with van der Waals surface area (Å²) in [6.45, 7) is 5.54. The summed E-state index contributed by atoms with van der Waals surface area (Å²) < 4.78 is 5.48. The maximum absolute atomic E-state index is 11.3. The van der Waals surface area contributed by atoms with Crippen LogP contribution in [0.25, 0.3) is 0 Å². The Hall–Kier alpha value is -1.27. The molecule has 4 fully saturated rings. The van der Waals surface area contributed by atoms with Gasteiger partial charge in [0.1, 0.15) is 5.78 Å². The Morgan fingerprint density at radius 2 is 1.85 bits per heavy atom. The average molecular weight is 276 g/mol. The maximum Gasteiger partial charge on any atom is 0.229 e. The van der Waals surface area contributed by atoms with Crippen LogP contribution < -0.4 is 0 Å². The van der Waals surface area contributed by atoms with E-state index in [1.807, 2.05) is 0 Å². The van der Waals surface area contributed by atoms with Gasteiger partial charge in [0.2, 0.25) is 5.89 Å². The van der Waals surface area contributed by atoms with Crippen LogP contribution in [0.2, 0.25) is 0 Å². The lowest BCUT2D eigenvalue weighted by Crippen LogP contribution is -2.57. The molecular weight excluding hydrogens is 256 g/mol. The molecule has 4 heterocycles. The van der Waals surface area contributed by atoms with Crippen molar-refractivity contribution in [1.29, 1.82) is 0 Å². The largest absolute Gasteiger partial charge is 0.339 e. The first-order chi connectivity index (χ1) is 9.79. The predicted molar refractivity (Wildman–Crippen MR) is 71.3 cm³/mol. The summed E-state index contributed by atoms with van der Waals surface area (Å²) in [4.78, 5) is 20.9. The van der Waals surface area contributed by atoms with Crippen molar-refractivity contribution in [3.63, 3.8) is 0 Å². The van der Waals surface area contributed by atoms with Gasteiger partial charge < -0.3 is 4.52 Å². The molecule has 5 rings (SSSR count). The van der Waals surface area contributed by atoms with E-state index in [1.54, 1.807) is 0 Å². The molecule has 1 aliphatic carbocycles. The average Bonchev–Trinajstić information content (AvgIpc) is 2.99. The van der Waals surface area contributed by atoms with Gasteiger partial charge >= 0.3 is 0 Å². The third-order valence-electron chi connectivity index (χ3n) is 4.93. The van der Waals surface area contributed by atoms with Crippen LogP contribution >= 0.6 is 0 Å². The van der Waals surface area contributed by atoms with Crippen LogP contribution in [0.5, 0.6) is 0 Å². The van der Waals surface area contributed by atoms with E-state index < -0.39 is 0 Å². The van der Waals surface area contributed by atoms with E-state index in [9.17, 15) is 4.79 Å². The molecule has 3 aliphatic heterocycles. The van der Waals surface area contributed by atoms with E-state index in [-0.39, 0.29) is 5.92 Å². The molecule has 0 spiro atoms. The number of fused-ring (bicyclic) bond motifs is 3. The minimum Gasteiger partial charge on any atom is -0.339 e. The first kappa shape index (κ1) is 12.5. The van der Waals surface area contributed by atoms with Crippen molar-refractivity contribution in [3.8, 4) is 0 Å². The van der Waals surface area contributed by atoms with Crippen LogP contribution in [-0.4, -0.2) is 58.4 Å². The van der Waals surface area contributed by atoms with Crippen LogP contribution in [0.4, 0.5) is 0 Å². The van der Waals surface area contributed by atoms with Crippen molar-refractivity contribution in [1.82, 2.24) is 19.9 Å². The summed E-state index contributed by atoms with van der Waals surface area (Å²) in [5, 5.41) is 4.21. The van der Waals surface area contributed by atoms with Crippen molar-refractivity contribution in [2.75, 3.05) is 32.7 Å². The van der Waals surface area contributed by atoms with Crippen LogP contribution in [0.3, 0.4) is 0 Å². The number of nitrogens with zero attached hydrogens (tertiary/aromatic N) is 4. The molecule has 1 aromatic rings. The number of Topliss-reactive ketones (excluding diaryl/α,β-unsaturated/α-hetero) is 1. The number of carbonyl (C=O) groups is 1. The Kier molecular flexibility index (Phi) is 3.07. The highest BCUT2D eigenvalue weighted by atomic mass is 16.5. The second-order valence-electron chi connectivity index (χ2n) is 6.16. The lowest BCUT2D eigenvalue weighted by Gasteiger charge is -2.46. The van der Waals surface area contributed by atoms with E-state index in [0.29, 0.717) is 24.7 Å². The zero-order valence-corrected chi connectivity index (χ0v) is 11.6. The monoisotopic (exact) mass is 276 g/mol. The smallest absolute Gasteiger partial charge is 0.229 e. The molecule has 0 radical (unpaired) electrons. The number of hydrogen-bond donors (Lipinski definition) is 0. The third kappa shape index (κ3) is 2.16. The first-order valence-corrected chi connectivity index (χ1v) is 7.61. The number of rotatable bonds is 2. The summed E-state index contributed by atoms with van der Waals surface area (Å²) >= 11 is 0. The fourth-order valence-corrected chi connectivity index (χ4v) is 3.60. The number of piperazine rings is 3. The van der Waals surface area contributed by atoms with Crippen LogP contribution in [-0.2, 0) is 4.79 Å². The Balaban J connectivity index is 1.49. The van der Waals surface area contributed by atoms with Gasteiger partial charge in [0.05, 0.1) is 6.04 Å². The molecule has 1 unspecified atom stereocenters. The molecule has 6 heteroatoms. The second-order valence-corrected chi connectivity index (χ2v) is 6.16. The highest BCUT2D eigenvalue weighted by Gasteiger charge is 2.36. The highest BCUT2D eigenvalue weighted by molar-refractivity contribution is 5.79.